The Labute approximate surface area is 186 Å². The van der Waals surface area contributed by atoms with E-state index in [2.05, 4.69) is 17.2 Å². The molecule has 0 aliphatic carbocycles. The van der Waals surface area contributed by atoms with Gasteiger partial charge < -0.3 is 9.73 Å². The molecule has 1 N–H and O–H groups in total. The maximum atomic E-state index is 12.7. The van der Waals surface area contributed by atoms with E-state index in [0.29, 0.717) is 27.7 Å². The summed E-state index contributed by atoms with van der Waals surface area (Å²) in [6.07, 6.45) is 0.889. The van der Waals surface area contributed by atoms with Crippen molar-refractivity contribution >= 4 is 51.6 Å². The Hall–Kier alpha value is -3.42. The molecule has 31 heavy (non-hydrogen) atoms. The van der Waals surface area contributed by atoms with Crippen molar-refractivity contribution in [2.75, 3.05) is 5.32 Å². The number of oxazole rings is 1. The maximum absolute atomic E-state index is 12.7. The van der Waals surface area contributed by atoms with E-state index in [0.717, 1.165) is 23.6 Å². The Bertz CT molecular complexity index is 1330. The van der Waals surface area contributed by atoms with Crippen LogP contribution >= 0.6 is 23.2 Å². The first kappa shape index (κ1) is 20.8. The predicted molar refractivity (Wildman–Crippen MR) is 120 cm³/mol. The number of benzene rings is 3. The highest BCUT2D eigenvalue weighted by molar-refractivity contribution is 6.36. The predicted octanol–water partition coefficient (Wildman–Crippen LogP) is 6.52. The summed E-state index contributed by atoms with van der Waals surface area (Å²) in [6, 6.07) is 14.5. The molecular weight excluding hydrogens is 441 g/mol. The summed E-state index contributed by atoms with van der Waals surface area (Å²) in [7, 11) is 0. The van der Waals surface area contributed by atoms with Crippen molar-refractivity contribution in [1.82, 2.24) is 4.98 Å². The Morgan fingerprint density at radius 2 is 1.90 bits per heavy atom. The SMILES string of the molecule is CCc1ccc2oc(-c3ccc(Cl)c(NC(=O)c4ccc([N+](=O)[O-])cc4Cl)c3)nc2c1. The van der Waals surface area contributed by atoms with Crippen molar-refractivity contribution in [1.29, 1.82) is 0 Å². The summed E-state index contributed by atoms with van der Waals surface area (Å²) in [6.45, 7) is 2.06. The minimum absolute atomic E-state index is 0.0374. The van der Waals surface area contributed by atoms with Crippen LogP contribution in [-0.2, 0) is 6.42 Å². The molecule has 7 nitrogen and oxygen atoms in total. The Balaban J connectivity index is 1.64. The summed E-state index contributed by atoms with van der Waals surface area (Å²) in [5, 5.41) is 13.8. The molecular formula is C22H15Cl2N3O4. The van der Waals surface area contributed by atoms with Crippen LogP contribution in [0.15, 0.2) is 59.0 Å². The van der Waals surface area contributed by atoms with Crippen molar-refractivity contribution in [3.05, 3.63) is 85.9 Å². The number of nitro groups is 1. The molecule has 0 unspecified atom stereocenters. The third-order valence-corrected chi connectivity index (χ3v) is 5.37. The van der Waals surface area contributed by atoms with Gasteiger partial charge in [0, 0.05) is 17.7 Å². The quantitative estimate of drug-likeness (QED) is 0.272. The molecule has 4 rings (SSSR count). The van der Waals surface area contributed by atoms with E-state index in [9.17, 15) is 14.9 Å². The Morgan fingerprint density at radius 3 is 2.61 bits per heavy atom. The van der Waals surface area contributed by atoms with Gasteiger partial charge in [-0.1, -0.05) is 36.2 Å². The van der Waals surface area contributed by atoms with E-state index in [-0.39, 0.29) is 16.3 Å². The number of aromatic nitrogens is 1. The Morgan fingerprint density at radius 1 is 1.10 bits per heavy atom. The molecule has 0 aliphatic rings. The van der Waals surface area contributed by atoms with Crippen LogP contribution in [0.5, 0.6) is 0 Å². The molecule has 1 heterocycles. The molecule has 1 aromatic heterocycles. The summed E-state index contributed by atoms with van der Waals surface area (Å²) >= 11 is 12.3. The largest absolute Gasteiger partial charge is 0.436 e. The summed E-state index contributed by atoms with van der Waals surface area (Å²) in [5.41, 5.74) is 3.39. The van der Waals surface area contributed by atoms with Gasteiger partial charge in [-0.25, -0.2) is 4.98 Å². The standard InChI is InChI=1S/C22H15Cl2N3O4/c1-2-12-3-8-20-19(9-12)26-22(31-20)13-4-7-16(23)18(10-13)25-21(28)15-6-5-14(27(29)30)11-17(15)24/h3-11H,2H2,1H3,(H,25,28). The number of nitrogens with one attached hydrogen (secondary N) is 1. The van der Waals surface area contributed by atoms with Crippen LogP contribution in [0.3, 0.4) is 0 Å². The van der Waals surface area contributed by atoms with E-state index in [1.165, 1.54) is 12.1 Å². The topological polar surface area (TPSA) is 98.3 Å². The zero-order valence-corrected chi connectivity index (χ0v) is 17.7. The van der Waals surface area contributed by atoms with Gasteiger partial charge in [-0.2, -0.15) is 0 Å². The van der Waals surface area contributed by atoms with Gasteiger partial charge in [0.25, 0.3) is 11.6 Å². The number of amides is 1. The van der Waals surface area contributed by atoms with Crippen molar-refractivity contribution in [3.8, 4) is 11.5 Å². The minimum atomic E-state index is -0.586. The first-order valence-corrected chi connectivity index (χ1v) is 10.1. The molecule has 0 fully saturated rings. The van der Waals surface area contributed by atoms with Crippen LogP contribution in [-0.4, -0.2) is 15.8 Å². The average molecular weight is 456 g/mol. The average Bonchev–Trinajstić information content (AvgIpc) is 3.18. The van der Waals surface area contributed by atoms with Crippen molar-refractivity contribution in [2.24, 2.45) is 0 Å². The molecule has 0 spiro atoms. The second-order valence-corrected chi connectivity index (χ2v) is 7.56. The highest BCUT2D eigenvalue weighted by Gasteiger charge is 2.17. The maximum Gasteiger partial charge on any atom is 0.270 e. The van der Waals surface area contributed by atoms with Crippen LogP contribution in [0.2, 0.25) is 10.0 Å². The Kier molecular flexibility index (Phi) is 5.63. The molecule has 156 valence electrons. The number of carbonyl (C=O) groups excluding carboxylic acids is 1. The number of hydrogen-bond donors (Lipinski definition) is 1. The molecule has 9 heteroatoms. The lowest BCUT2D eigenvalue weighted by Gasteiger charge is -2.09. The number of nitro benzene ring substituents is 1. The van der Waals surface area contributed by atoms with Crippen LogP contribution in [0.1, 0.15) is 22.8 Å². The highest BCUT2D eigenvalue weighted by atomic mass is 35.5. The lowest BCUT2D eigenvalue weighted by Crippen LogP contribution is -2.13. The smallest absolute Gasteiger partial charge is 0.270 e. The number of anilines is 1. The number of aryl methyl sites for hydroxylation is 1. The van der Waals surface area contributed by atoms with Gasteiger partial charge in [-0.3, -0.25) is 14.9 Å². The zero-order valence-electron chi connectivity index (χ0n) is 16.2. The lowest BCUT2D eigenvalue weighted by molar-refractivity contribution is -0.384. The fourth-order valence-electron chi connectivity index (χ4n) is 3.06. The van der Waals surface area contributed by atoms with Gasteiger partial charge in [-0.05, 0) is 48.4 Å². The first-order chi connectivity index (χ1) is 14.9. The zero-order chi connectivity index (χ0) is 22.1. The molecule has 4 aromatic rings. The molecule has 0 saturated heterocycles. The van der Waals surface area contributed by atoms with E-state index < -0.39 is 10.8 Å². The third kappa shape index (κ3) is 4.23. The normalized spacial score (nSPS) is 10.9. The molecule has 0 atom stereocenters. The van der Waals surface area contributed by atoms with E-state index in [1.54, 1.807) is 18.2 Å². The van der Waals surface area contributed by atoms with E-state index in [4.69, 9.17) is 27.6 Å². The molecule has 0 radical (unpaired) electrons. The van der Waals surface area contributed by atoms with Crippen molar-refractivity contribution < 1.29 is 14.1 Å². The third-order valence-electron chi connectivity index (χ3n) is 4.73. The van der Waals surface area contributed by atoms with E-state index in [1.807, 2.05) is 18.2 Å². The summed E-state index contributed by atoms with van der Waals surface area (Å²) < 4.78 is 5.84. The molecule has 0 saturated carbocycles. The van der Waals surface area contributed by atoms with Crippen LogP contribution in [0.4, 0.5) is 11.4 Å². The second kappa shape index (κ2) is 8.37. The second-order valence-electron chi connectivity index (χ2n) is 6.74. The van der Waals surface area contributed by atoms with E-state index >= 15 is 0 Å². The van der Waals surface area contributed by atoms with Gasteiger partial charge in [0.15, 0.2) is 5.58 Å². The molecule has 3 aromatic carbocycles. The monoisotopic (exact) mass is 455 g/mol. The van der Waals surface area contributed by atoms with Gasteiger partial charge in [0.1, 0.15) is 5.52 Å². The fraction of sp³-hybridized carbons (Fsp3) is 0.0909. The number of rotatable bonds is 5. The van der Waals surface area contributed by atoms with Crippen molar-refractivity contribution in [2.45, 2.75) is 13.3 Å². The summed E-state index contributed by atoms with van der Waals surface area (Å²) in [4.78, 5) is 27.5. The van der Waals surface area contributed by atoms with Gasteiger partial charge in [0.05, 0.1) is 26.2 Å². The lowest BCUT2D eigenvalue weighted by atomic mass is 10.1. The number of fused-ring (bicyclic) bond motifs is 1. The number of non-ortho nitro benzene ring substituents is 1. The first-order valence-electron chi connectivity index (χ1n) is 9.30. The van der Waals surface area contributed by atoms with Crippen molar-refractivity contribution in [3.63, 3.8) is 0 Å². The fourth-order valence-corrected chi connectivity index (χ4v) is 3.49. The van der Waals surface area contributed by atoms with Crippen LogP contribution < -0.4 is 5.32 Å². The number of halogens is 2. The van der Waals surface area contributed by atoms with Gasteiger partial charge >= 0.3 is 0 Å². The number of carbonyl (C=O) groups is 1. The summed E-state index contributed by atoms with van der Waals surface area (Å²) in [5.74, 6) is -0.159. The highest BCUT2D eigenvalue weighted by Crippen LogP contribution is 2.32. The van der Waals surface area contributed by atoms with Gasteiger partial charge in [-0.15, -0.1) is 0 Å². The van der Waals surface area contributed by atoms with Crippen LogP contribution in [0.25, 0.3) is 22.6 Å². The molecule has 0 bridgehead atoms. The van der Waals surface area contributed by atoms with Crippen LogP contribution in [0, 0.1) is 10.1 Å². The van der Waals surface area contributed by atoms with Gasteiger partial charge in [0.2, 0.25) is 5.89 Å². The minimum Gasteiger partial charge on any atom is -0.436 e. The number of hydrogen-bond acceptors (Lipinski definition) is 5. The molecule has 0 aliphatic heterocycles. The number of nitrogens with zero attached hydrogens (tertiary/aromatic N) is 2. The molecule has 1 amide bonds.